The average molecular weight is 361 g/mol. The van der Waals surface area contributed by atoms with Crippen molar-refractivity contribution >= 4 is 17.3 Å². The molecule has 1 heterocycles. The molecule has 0 fully saturated rings. The van der Waals surface area contributed by atoms with Gasteiger partial charge in [-0.3, -0.25) is 4.99 Å². The molecule has 25 heavy (non-hydrogen) atoms. The van der Waals surface area contributed by atoms with E-state index in [1.807, 2.05) is 25.2 Å². The molecule has 1 aromatic carbocycles. The van der Waals surface area contributed by atoms with Gasteiger partial charge in [0.15, 0.2) is 5.96 Å². The molecule has 5 nitrogen and oxygen atoms in total. The van der Waals surface area contributed by atoms with Crippen LogP contribution in [0.5, 0.6) is 5.75 Å². The Labute approximate surface area is 154 Å². The molecule has 0 aliphatic rings. The Hall–Kier alpha value is -2.08. The number of rotatable bonds is 8. The Kier molecular flexibility index (Phi) is 7.73. The standard InChI is InChI=1S/C19H28N4OS/c1-5-18-22-16(14-25-18)11-12-21-19(20-6-2)23(3)13-15-9-7-8-10-17(15)24-4/h7-10,14H,5-6,11-13H2,1-4H3,(H,20,21). The third-order valence-corrected chi connectivity index (χ3v) is 4.87. The predicted octanol–water partition coefficient (Wildman–Crippen LogP) is 3.35. The molecule has 0 saturated carbocycles. The number of hydrogen-bond donors (Lipinski definition) is 1. The van der Waals surface area contributed by atoms with Crippen LogP contribution in [0.15, 0.2) is 34.6 Å². The molecule has 0 radical (unpaired) electrons. The van der Waals surface area contributed by atoms with Crippen LogP contribution in [-0.4, -0.2) is 43.1 Å². The van der Waals surface area contributed by atoms with Crippen molar-refractivity contribution in [3.05, 3.63) is 45.9 Å². The minimum Gasteiger partial charge on any atom is -0.496 e. The van der Waals surface area contributed by atoms with E-state index in [-0.39, 0.29) is 0 Å². The SMILES string of the molecule is CCNC(=NCCc1csc(CC)n1)N(C)Cc1ccccc1OC. The predicted molar refractivity (Wildman–Crippen MR) is 106 cm³/mol. The minimum atomic E-state index is 0.728. The number of nitrogens with zero attached hydrogens (tertiary/aromatic N) is 3. The highest BCUT2D eigenvalue weighted by atomic mass is 32.1. The largest absolute Gasteiger partial charge is 0.496 e. The van der Waals surface area contributed by atoms with E-state index in [1.165, 1.54) is 5.01 Å². The van der Waals surface area contributed by atoms with Crippen LogP contribution in [0.4, 0.5) is 0 Å². The van der Waals surface area contributed by atoms with Crippen molar-refractivity contribution in [1.82, 2.24) is 15.2 Å². The summed E-state index contributed by atoms with van der Waals surface area (Å²) in [5, 5.41) is 6.69. The van der Waals surface area contributed by atoms with Crippen LogP contribution in [0.25, 0.3) is 0 Å². The Balaban J connectivity index is 1.99. The molecule has 0 saturated heterocycles. The fourth-order valence-corrected chi connectivity index (χ4v) is 3.32. The Bertz CT molecular complexity index is 684. The lowest BCUT2D eigenvalue weighted by molar-refractivity contribution is 0.396. The van der Waals surface area contributed by atoms with Gasteiger partial charge in [0.25, 0.3) is 0 Å². The Morgan fingerprint density at radius 3 is 2.80 bits per heavy atom. The van der Waals surface area contributed by atoms with Crippen molar-refractivity contribution < 1.29 is 4.74 Å². The maximum absolute atomic E-state index is 5.44. The number of aliphatic imine (C=N–C) groups is 1. The number of hydrogen-bond acceptors (Lipinski definition) is 4. The summed E-state index contributed by atoms with van der Waals surface area (Å²) in [6.45, 7) is 6.53. The normalized spacial score (nSPS) is 11.4. The van der Waals surface area contributed by atoms with E-state index in [0.717, 1.165) is 55.4 Å². The molecule has 2 aromatic rings. The van der Waals surface area contributed by atoms with Gasteiger partial charge in [0, 0.05) is 44.0 Å². The van der Waals surface area contributed by atoms with Crippen molar-refractivity contribution in [3.8, 4) is 5.75 Å². The highest BCUT2D eigenvalue weighted by Gasteiger charge is 2.10. The van der Waals surface area contributed by atoms with Gasteiger partial charge in [-0.05, 0) is 19.4 Å². The highest BCUT2D eigenvalue weighted by molar-refractivity contribution is 7.09. The van der Waals surface area contributed by atoms with Gasteiger partial charge in [0.1, 0.15) is 5.75 Å². The van der Waals surface area contributed by atoms with Gasteiger partial charge in [-0.15, -0.1) is 11.3 Å². The first-order valence-corrected chi connectivity index (χ1v) is 9.60. The monoisotopic (exact) mass is 360 g/mol. The van der Waals surface area contributed by atoms with Crippen LogP contribution in [0.3, 0.4) is 0 Å². The molecule has 0 atom stereocenters. The van der Waals surface area contributed by atoms with Crippen LogP contribution in [0.1, 0.15) is 30.1 Å². The number of aromatic nitrogens is 1. The number of aryl methyl sites for hydroxylation is 1. The number of nitrogens with one attached hydrogen (secondary N) is 1. The lowest BCUT2D eigenvalue weighted by Crippen LogP contribution is -2.38. The molecule has 0 spiro atoms. The van der Waals surface area contributed by atoms with Crippen molar-refractivity contribution in [2.45, 2.75) is 33.2 Å². The Morgan fingerprint density at radius 2 is 2.12 bits per heavy atom. The van der Waals surface area contributed by atoms with Crippen LogP contribution >= 0.6 is 11.3 Å². The number of para-hydroxylation sites is 1. The van der Waals surface area contributed by atoms with Crippen LogP contribution < -0.4 is 10.1 Å². The molecule has 1 N–H and O–H groups in total. The van der Waals surface area contributed by atoms with Crippen molar-refractivity contribution in [1.29, 1.82) is 0 Å². The van der Waals surface area contributed by atoms with E-state index < -0.39 is 0 Å². The zero-order valence-electron chi connectivity index (χ0n) is 15.6. The molecular weight excluding hydrogens is 332 g/mol. The van der Waals surface area contributed by atoms with Gasteiger partial charge in [-0.1, -0.05) is 25.1 Å². The fraction of sp³-hybridized carbons (Fsp3) is 0.474. The molecule has 0 unspecified atom stereocenters. The first-order valence-electron chi connectivity index (χ1n) is 8.72. The maximum Gasteiger partial charge on any atom is 0.193 e. The van der Waals surface area contributed by atoms with Crippen molar-refractivity contribution in [2.24, 2.45) is 4.99 Å². The first kappa shape index (κ1) is 19.2. The van der Waals surface area contributed by atoms with Crippen LogP contribution in [-0.2, 0) is 19.4 Å². The second kappa shape index (κ2) is 10.0. The average Bonchev–Trinajstić information content (AvgIpc) is 3.09. The van der Waals surface area contributed by atoms with E-state index in [2.05, 4.69) is 40.5 Å². The molecule has 0 aliphatic carbocycles. The topological polar surface area (TPSA) is 49.8 Å². The maximum atomic E-state index is 5.44. The summed E-state index contributed by atoms with van der Waals surface area (Å²) in [5.74, 6) is 1.80. The zero-order chi connectivity index (χ0) is 18.1. The second-order valence-electron chi connectivity index (χ2n) is 5.74. The first-order chi connectivity index (χ1) is 12.2. The third-order valence-electron chi connectivity index (χ3n) is 3.83. The van der Waals surface area contributed by atoms with E-state index in [4.69, 9.17) is 9.73 Å². The van der Waals surface area contributed by atoms with Crippen LogP contribution in [0, 0.1) is 0 Å². The van der Waals surface area contributed by atoms with Gasteiger partial charge in [-0.25, -0.2) is 4.98 Å². The molecular formula is C19H28N4OS. The van der Waals surface area contributed by atoms with Crippen molar-refractivity contribution in [2.75, 3.05) is 27.2 Å². The molecule has 0 amide bonds. The molecule has 1 aromatic heterocycles. The molecule has 0 aliphatic heterocycles. The summed E-state index contributed by atoms with van der Waals surface area (Å²) < 4.78 is 5.44. The van der Waals surface area contributed by atoms with Gasteiger partial charge >= 0.3 is 0 Å². The molecule has 6 heteroatoms. The number of methoxy groups -OCH3 is 1. The zero-order valence-corrected chi connectivity index (χ0v) is 16.4. The number of thiazole rings is 1. The minimum absolute atomic E-state index is 0.728. The summed E-state index contributed by atoms with van der Waals surface area (Å²) in [4.78, 5) is 11.5. The number of ether oxygens (including phenoxy) is 1. The van der Waals surface area contributed by atoms with Gasteiger partial charge in [-0.2, -0.15) is 0 Å². The third kappa shape index (κ3) is 5.74. The summed E-state index contributed by atoms with van der Waals surface area (Å²) in [6.07, 6.45) is 1.87. The lowest BCUT2D eigenvalue weighted by Gasteiger charge is -2.23. The van der Waals surface area contributed by atoms with Gasteiger partial charge in [0.2, 0.25) is 0 Å². The highest BCUT2D eigenvalue weighted by Crippen LogP contribution is 2.18. The summed E-state index contributed by atoms with van der Waals surface area (Å²) >= 11 is 1.73. The van der Waals surface area contributed by atoms with E-state index >= 15 is 0 Å². The molecule has 2 rings (SSSR count). The quantitative estimate of drug-likeness (QED) is 0.579. The number of guanidine groups is 1. The number of benzene rings is 1. The van der Waals surface area contributed by atoms with Gasteiger partial charge < -0.3 is 15.0 Å². The summed E-state index contributed by atoms with van der Waals surface area (Å²) in [7, 11) is 3.75. The summed E-state index contributed by atoms with van der Waals surface area (Å²) in [6, 6.07) is 8.09. The Morgan fingerprint density at radius 1 is 1.32 bits per heavy atom. The van der Waals surface area contributed by atoms with E-state index in [1.54, 1.807) is 18.4 Å². The van der Waals surface area contributed by atoms with Crippen LogP contribution in [0.2, 0.25) is 0 Å². The lowest BCUT2D eigenvalue weighted by atomic mass is 10.2. The van der Waals surface area contributed by atoms with Gasteiger partial charge in [0.05, 0.1) is 17.8 Å². The van der Waals surface area contributed by atoms with E-state index in [9.17, 15) is 0 Å². The fourth-order valence-electron chi connectivity index (χ4n) is 2.54. The summed E-state index contributed by atoms with van der Waals surface area (Å²) in [5.41, 5.74) is 2.28. The smallest absolute Gasteiger partial charge is 0.193 e. The second-order valence-corrected chi connectivity index (χ2v) is 6.68. The van der Waals surface area contributed by atoms with Crippen molar-refractivity contribution in [3.63, 3.8) is 0 Å². The molecule has 0 bridgehead atoms. The molecule has 136 valence electrons. The van der Waals surface area contributed by atoms with E-state index in [0.29, 0.717) is 0 Å².